The van der Waals surface area contributed by atoms with E-state index in [1.54, 1.807) is 0 Å². The Morgan fingerprint density at radius 1 is 0.781 bits per heavy atom. The second-order valence-electron chi connectivity index (χ2n) is 8.83. The molecular formula is C30H44O2. The minimum atomic E-state index is 0.239. The smallest absolute Gasteiger partial charge is 0.127 e. The molecule has 0 radical (unpaired) electrons. The largest absolute Gasteiger partial charge is 0.490 e. The monoisotopic (exact) mass is 436 g/mol. The first kappa shape index (κ1) is 26.0. The van der Waals surface area contributed by atoms with E-state index in [1.165, 1.54) is 42.4 Å². The molecule has 2 unspecified atom stereocenters. The summed E-state index contributed by atoms with van der Waals surface area (Å²) in [7, 11) is 0. The molecule has 0 N–H and O–H groups in total. The lowest BCUT2D eigenvalue weighted by Crippen LogP contribution is -2.17. The van der Waals surface area contributed by atoms with Gasteiger partial charge in [-0.1, -0.05) is 89.3 Å². The van der Waals surface area contributed by atoms with Crippen LogP contribution in [0.1, 0.15) is 97.1 Å². The zero-order chi connectivity index (χ0) is 23.3. The molecule has 0 aliphatic carbocycles. The maximum atomic E-state index is 6.60. The Labute approximate surface area is 197 Å². The topological polar surface area (TPSA) is 18.5 Å². The summed E-state index contributed by atoms with van der Waals surface area (Å²) >= 11 is 0. The van der Waals surface area contributed by atoms with Gasteiger partial charge in [0, 0.05) is 5.56 Å². The van der Waals surface area contributed by atoms with Gasteiger partial charge in [-0.2, -0.15) is 0 Å². The fraction of sp³-hybridized carbons (Fsp3) is 0.533. The first-order valence-electron chi connectivity index (χ1n) is 12.8. The van der Waals surface area contributed by atoms with Gasteiger partial charge in [-0.05, 0) is 68.9 Å². The van der Waals surface area contributed by atoms with Crippen LogP contribution in [0.15, 0.2) is 42.5 Å². The van der Waals surface area contributed by atoms with Gasteiger partial charge in [-0.15, -0.1) is 0 Å². The molecule has 0 saturated heterocycles. The highest BCUT2D eigenvalue weighted by molar-refractivity contribution is 5.80. The SMILES string of the molecule is C/C=C/c1ccc(C)cc1-c1cc(OC(CC)CCCC)ccc1OC(CC)CCCC. The number of unbranched alkanes of at least 4 members (excludes halogenated alkanes) is 2. The van der Waals surface area contributed by atoms with Crippen molar-refractivity contribution in [3.05, 3.63) is 53.6 Å². The maximum Gasteiger partial charge on any atom is 0.127 e. The second-order valence-corrected chi connectivity index (χ2v) is 8.83. The highest BCUT2D eigenvalue weighted by Crippen LogP contribution is 2.38. The van der Waals surface area contributed by atoms with Crippen molar-refractivity contribution >= 4 is 6.08 Å². The standard InChI is InChI=1S/C30H44O2/c1-7-12-15-25(10-4)31-27-19-20-30(32-26(11-5)16-13-8-2)29(22-27)28-21-23(6)17-18-24(28)14-9-3/h9,14,17-22,25-26H,7-8,10-13,15-16H2,1-6H3/b14-9+. The van der Waals surface area contributed by atoms with Gasteiger partial charge in [0.15, 0.2) is 0 Å². The second kappa shape index (κ2) is 14.0. The molecule has 0 saturated carbocycles. The van der Waals surface area contributed by atoms with E-state index in [9.17, 15) is 0 Å². The van der Waals surface area contributed by atoms with Crippen molar-refractivity contribution in [3.8, 4) is 22.6 Å². The molecule has 2 heteroatoms. The molecule has 32 heavy (non-hydrogen) atoms. The summed E-state index contributed by atoms with van der Waals surface area (Å²) < 4.78 is 13.0. The van der Waals surface area contributed by atoms with Gasteiger partial charge in [0.25, 0.3) is 0 Å². The zero-order valence-electron chi connectivity index (χ0n) is 21.2. The van der Waals surface area contributed by atoms with Gasteiger partial charge in [0.05, 0.1) is 12.2 Å². The van der Waals surface area contributed by atoms with Crippen molar-refractivity contribution in [2.75, 3.05) is 0 Å². The molecule has 176 valence electrons. The van der Waals surface area contributed by atoms with Gasteiger partial charge in [-0.3, -0.25) is 0 Å². The number of aryl methyl sites for hydroxylation is 1. The van der Waals surface area contributed by atoms with Crippen molar-refractivity contribution in [3.63, 3.8) is 0 Å². The van der Waals surface area contributed by atoms with E-state index in [1.807, 2.05) is 0 Å². The van der Waals surface area contributed by atoms with Crippen LogP contribution in [-0.4, -0.2) is 12.2 Å². The van der Waals surface area contributed by atoms with E-state index < -0.39 is 0 Å². The Morgan fingerprint density at radius 3 is 2.03 bits per heavy atom. The fourth-order valence-electron chi connectivity index (χ4n) is 4.05. The fourth-order valence-corrected chi connectivity index (χ4v) is 4.05. The summed E-state index contributed by atoms with van der Waals surface area (Å²) in [6.45, 7) is 13.1. The third-order valence-corrected chi connectivity index (χ3v) is 6.06. The lowest BCUT2D eigenvalue weighted by atomic mass is 9.96. The summed E-state index contributed by atoms with van der Waals surface area (Å²) in [5, 5.41) is 0. The molecule has 0 aromatic heterocycles. The molecule has 0 spiro atoms. The van der Waals surface area contributed by atoms with E-state index in [4.69, 9.17) is 9.47 Å². The molecule has 0 fully saturated rings. The number of rotatable bonds is 14. The lowest BCUT2D eigenvalue weighted by molar-refractivity contribution is 0.178. The Balaban J connectivity index is 2.49. The summed E-state index contributed by atoms with van der Waals surface area (Å²) in [6.07, 6.45) is 13.8. The van der Waals surface area contributed by atoms with E-state index >= 15 is 0 Å². The van der Waals surface area contributed by atoms with E-state index in [-0.39, 0.29) is 12.2 Å². The van der Waals surface area contributed by atoms with Gasteiger partial charge in [-0.25, -0.2) is 0 Å². The molecule has 0 aliphatic heterocycles. The molecule has 2 aromatic carbocycles. The number of allylic oxidation sites excluding steroid dienone is 1. The number of ether oxygens (including phenoxy) is 2. The van der Waals surface area contributed by atoms with E-state index in [0.29, 0.717) is 0 Å². The molecule has 0 amide bonds. The van der Waals surface area contributed by atoms with Crippen LogP contribution in [0, 0.1) is 6.92 Å². The highest BCUT2D eigenvalue weighted by atomic mass is 16.5. The van der Waals surface area contributed by atoms with Gasteiger partial charge in [0.2, 0.25) is 0 Å². The minimum Gasteiger partial charge on any atom is -0.490 e. The summed E-state index contributed by atoms with van der Waals surface area (Å²) in [6, 6.07) is 13.0. The number of hydrogen-bond donors (Lipinski definition) is 0. The van der Waals surface area contributed by atoms with E-state index in [2.05, 4.69) is 90.1 Å². The van der Waals surface area contributed by atoms with Crippen molar-refractivity contribution in [2.45, 2.75) is 105 Å². The first-order chi connectivity index (χ1) is 15.6. The third kappa shape index (κ3) is 7.73. The van der Waals surface area contributed by atoms with Gasteiger partial charge in [0.1, 0.15) is 11.5 Å². The molecule has 2 atom stereocenters. The molecule has 0 aliphatic rings. The van der Waals surface area contributed by atoms with Crippen LogP contribution in [0.5, 0.6) is 11.5 Å². The van der Waals surface area contributed by atoms with Crippen LogP contribution in [0.2, 0.25) is 0 Å². The van der Waals surface area contributed by atoms with Crippen molar-refractivity contribution in [2.24, 2.45) is 0 Å². The van der Waals surface area contributed by atoms with Gasteiger partial charge < -0.3 is 9.47 Å². The maximum absolute atomic E-state index is 6.60. The molecule has 2 rings (SSSR count). The Hall–Kier alpha value is -2.22. The lowest BCUT2D eigenvalue weighted by Gasteiger charge is -2.23. The molecule has 2 nitrogen and oxygen atoms in total. The number of benzene rings is 2. The van der Waals surface area contributed by atoms with Gasteiger partial charge >= 0.3 is 0 Å². The van der Waals surface area contributed by atoms with Crippen LogP contribution in [-0.2, 0) is 0 Å². The summed E-state index contributed by atoms with van der Waals surface area (Å²) in [4.78, 5) is 0. The normalized spacial score (nSPS) is 13.3. The Bertz CT molecular complexity index is 837. The quantitative estimate of drug-likeness (QED) is 0.293. The van der Waals surface area contributed by atoms with Crippen LogP contribution >= 0.6 is 0 Å². The summed E-state index contributed by atoms with van der Waals surface area (Å²) in [5.41, 5.74) is 4.78. The van der Waals surface area contributed by atoms with Crippen molar-refractivity contribution < 1.29 is 9.47 Å². The highest BCUT2D eigenvalue weighted by Gasteiger charge is 2.17. The molecule has 0 bridgehead atoms. The Morgan fingerprint density at radius 2 is 1.44 bits per heavy atom. The number of hydrogen-bond acceptors (Lipinski definition) is 2. The molecule has 2 aromatic rings. The van der Waals surface area contributed by atoms with Crippen molar-refractivity contribution in [1.29, 1.82) is 0 Å². The van der Waals surface area contributed by atoms with Crippen molar-refractivity contribution in [1.82, 2.24) is 0 Å². The average molecular weight is 437 g/mol. The zero-order valence-corrected chi connectivity index (χ0v) is 21.2. The van der Waals surface area contributed by atoms with Crippen LogP contribution in [0.4, 0.5) is 0 Å². The summed E-state index contributed by atoms with van der Waals surface area (Å²) in [5.74, 6) is 1.89. The van der Waals surface area contributed by atoms with Crippen LogP contribution < -0.4 is 9.47 Å². The first-order valence-corrected chi connectivity index (χ1v) is 12.8. The third-order valence-electron chi connectivity index (χ3n) is 6.06. The van der Waals surface area contributed by atoms with Crippen LogP contribution in [0.3, 0.4) is 0 Å². The molecule has 0 heterocycles. The Kier molecular flexibility index (Phi) is 11.4. The average Bonchev–Trinajstić information content (AvgIpc) is 2.81. The predicted octanol–water partition coefficient (Wildman–Crippen LogP) is 9.39. The molecular weight excluding hydrogens is 392 g/mol. The van der Waals surface area contributed by atoms with Crippen LogP contribution in [0.25, 0.3) is 17.2 Å². The van der Waals surface area contributed by atoms with E-state index in [0.717, 1.165) is 42.7 Å². The minimum absolute atomic E-state index is 0.239. The predicted molar refractivity (Wildman–Crippen MR) is 140 cm³/mol.